The molecule has 0 aliphatic rings. The van der Waals surface area contributed by atoms with Gasteiger partial charge in [-0.15, -0.1) is 0 Å². The summed E-state index contributed by atoms with van der Waals surface area (Å²) in [4.78, 5) is 10.2. The minimum atomic E-state index is -2.71. The van der Waals surface area contributed by atoms with Crippen LogP contribution in [0.2, 0.25) is 0 Å². The second kappa shape index (κ2) is 4.03. The quantitative estimate of drug-likeness (QED) is 0.771. The van der Waals surface area contributed by atoms with Crippen molar-refractivity contribution < 1.29 is 18.7 Å². The van der Waals surface area contributed by atoms with Crippen LogP contribution < -0.4 is 5.32 Å². The maximum absolute atomic E-state index is 12.1. The Balaban J connectivity index is 2.72. The molecule has 0 saturated heterocycles. The number of aromatic nitrogens is 2. The molecule has 0 aliphatic heterocycles. The van der Waals surface area contributed by atoms with Crippen LogP contribution in [0.5, 0.6) is 0 Å². The van der Waals surface area contributed by atoms with Crippen molar-refractivity contribution in [1.29, 1.82) is 0 Å². The fourth-order valence-electron chi connectivity index (χ4n) is 0.917. The highest BCUT2D eigenvalue weighted by molar-refractivity contribution is 5.72. The first-order valence-corrected chi connectivity index (χ1v) is 3.80. The first-order chi connectivity index (χ1) is 6.50. The number of hydrogen-bond acceptors (Lipinski definition) is 3. The molecule has 0 bridgehead atoms. The predicted octanol–water partition coefficient (Wildman–Crippen LogP) is 1.08. The van der Waals surface area contributed by atoms with Crippen LogP contribution in [0.15, 0.2) is 6.20 Å². The van der Waals surface area contributed by atoms with Gasteiger partial charge in [0.05, 0.1) is 0 Å². The Morgan fingerprint density at radius 2 is 2.43 bits per heavy atom. The summed E-state index contributed by atoms with van der Waals surface area (Å²) in [5, 5.41) is 14.2. The van der Waals surface area contributed by atoms with Crippen molar-refractivity contribution in [2.45, 2.75) is 13.5 Å². The zero-order chi connectivity index (χ0) is 10.7. The maximum atomic E-state index is 12.1. The van der Waals surface area contributed by atoms with Gasteiger partial charge in [-0.1, -0.05) is 0 Å². The van der Waals surface area contributed by atoms with Gasteiger partial charge in [-0.05, 0) is 6.92 Å². The molecular formula is C7H9F2N3O2. The highest BCUT2D eigenvalue weighted by Gasteiger charge is 2.11. The molecule has 0 radical (unpaired) electrons. The molecule has 0 aromatic carbocycles. The lowest BCUT2D eigenvalue weighted by molar-refractivity contribution is -0.134. The average Bonchev–Trinajstić information content (AvgIpc) is 2.43. The number of anilines is 1. The molecule has 0 atom stereocenters. The molecule has 0 aliphatic carbocycles. The van der Waals surface area contributed by atoms with Crippen molar-refractivity contribution >= 4 is 11.8 Å². The zero-order valence-corrected chi connectivity index (χ0v) is 7.37. The Labute approximate surface area is 78.3 Å². The first kappa shape index (κ1) is 10.4. The largest absolute Gasteiger partial charge is 0.480 e. The molecular weight excluding hydrogens is 196 g/mol. The molecule has 2 N–H and O–H groups in total. The van der Waals surface area contributed by atoms with Crippen LogP contribution in [0.25, 0.3) is 0 Å². The smallest absolute Gasteiger partial charge is 0.333 e. The third-order valence-electron chi connectivity index (χ3n) is 1.52. The number of hydrogen-bond donors (Lipinski definition) is 2. The van der Waals surface area contributed by atoms with Gasteiger partial charge in [-0.2, -0.15) is 13.9 Å². The highest BCUT2D eigenvalue weighted by Crippen LogP contribution is 2.16. The van der Waals surface area contributed by atoms with Gasteiger partial charge in [0.2, 0.25) is 0 Å². The fraction of sp³-hybridized carbons (Fsp3) is 0.429. The Morgan fingerprint density at radius 3 is 2.86 bits per heavy atom. The Kier molecular flexibility index (Phi) is 3.00. The topological polar surface area (TPSA) is 67.2 Å². The van der Waals surface area contributed by atoms with Crippen LogP contribution in [0.4, 0.5) is 14.6 Å². The van der Waals surface area contributed by atoms with E-state index in [1.54, 1.807) is 6.92 Å². The number of aliphatic carboxylic acids is 1. The van der Waals surface area contributed by atoms with Crippen molar-refractivity contribution in [3.05, 3.63) is 11.8 Å². The van der Waals surface area contributed by atoms with Crippen LogP contribution in [0.1, 0.15) is 12.1 Å². The molecule has 7 heteroatoms. The molecule has 1 rings (SSSR count). The van der Waals surface area contributed by atoms with E-state index in [4.69, 9.17) is 5.11 Å². The van der Waals surface area contributed by atoms with E-state index >= 15 is 0 Å². The molecule has 5 nitrogen and oxygen atoms in total. The first-order valence-electron chi connectivity index (χ1n) is 3.80. The summed E-state index contributed by atoms with van der Waals surface area (Å²) in [6.07, 6.45) is 1.15. The minimum absolute atomic E-state index is 0.160. The van der Waals surface area contributed by atoms with Gasteiger partial charge >= 0.3 is 12.5 Å². The summed E-state index contributed by atoms with van der Waals surface area (Å²) in [5.74, 6) is -0.913. The molecule has 1 aromatic rings. The van der Waals surface area contributed by atoms with Gasteiger partial charge in [0.25, 0.3) is 0 Å². The molecule has 0 fully saturated rings. The SMILES string of the molecule is Cc1cn(C(F)F)nc1NCC(=O)O. The molecule has 0 saturated carbocycles. The number of nitrogens with zero attached hydrogens (tertiary/aromatic N) is 2. The van der Waals surface area contributed by atoms with E-state index < -0.39 is 12.5 Å². The molecule has 0 amide bonds. The predicted molar refractivity (Wildman–Crippen MR) is 44.3 cm³/mol. The molecule has 78 valence electrons. The lowest BCUT2D eigenvalue weighted by Gasteiger charge is -1.99. The summed E-state index contributed by atoms with van der Waals surface area (Å²) < 4.78 is 24.7. The maximum Gasteiger partial charge on any atom is 0.333 e. The van der Waals surface area contributed by atoms with Crippen LogP contribution >= 0.6 is 0 Å². The summed E-state index contributed by atoms with van der Waals surface area (Å²) in [7, 11) is 0. The van der Waals surface area contributed by atoms with Gasteiger partial charge in [0, 0.05) is 11.8 Å². The highest BCUT2D eigenvalue weighted by atomic mass is 19.3. The number of halogens is 2. The van der Waals surface area contributed by atoms with Crippen LogP contribution in [0.3, 0.4) is 0 Å². The summed E-state index contributed by atoms with van der Waals surface area (Å²) in [6.45, 7) is -1.49. The van der Waals surface area contributed by atoms with Gasteiger partial charge in [0.15, 0.2) is 5.82 Å². The molecule has 0 unspecified atom stereocenters. The molecule has 1 aromatic heterocycles. The van der Waals surface area contributed by atoms with Crippen LogP contribution in [-0.2, 0) is 4.79 Å². The number of aryl methyl sites for hydroxylation is 1. The van der Waals surface area contributed by atoms with E-state index in [0.29, 0.717) is 10.2 Å². The van der Waals surface area contributed by atoms with E-state index in [0.717, 1.165) is 6.20 Å². The standard InChI is InChI=1S/C7H9F2N3O2/c1-4-3-12(7(8)9)11-6(4)10-2-5(13)14/h3,7H,2H2,1H3,(H,10,11)(H,13,14). The lowest BCUT2D eigenvalue weighted by atomic mass is 10.4. The summed E-state index contributed by atoms with van der Waals surface area (Å²) in [5.41, 5.74) is 0.478. The number of rotatable bonds is 4. The van der Waals surface area contributed by atoms with Gasteiger partial charge in [-0.25, -0.2) is 4.68 Å². The third kappa shape index (κ3) is 2.41. The number of carboxylic acids is 1. The van der Waals surface area contributed by atoms with Crippen molar-refractivity contribution in [2.75, 3.05) is 11.9 Å². The Morgan fingerprint density at radius 1 is 1.79 bits per heavy atom. The van der Waals surface area contributed by atoms with Crippen LogP contribution in [-0.4, -0.2) is 27.4 Å². The summed E-state index contributed by atoms with van der Waals surface area (Å²) in [6, 6.07) is 0. The van der Waals surface area contributed by atoms with Gasteiger partial charge in [0.1, 0.15) is 6.54 Å². The number of nitrogens with one attached hydrogen (secondary N) is 1. The van der Waals surface area contributed by atoms with Gasteiger partial charge in [-0.3, -0.25) is 4.79 Å². The Bertz CT molecular complexity index is 338. The van der Waals surface area contributed by atoms with E-state index in [2.05, 4.69) is 10.4 Å². The molecule has 1 heterocycles. The van der Waals surface area contributed by atoms with E-state index in [1.807, 2.05) is 0 Å². The molecule has 0 spiro atoms. The lowest BCUT2D eigenvalue weighted by Crippen LogP contribution is -2.13. The van der Waals surface area contributed by atoms with Crippen LogP contribution in [0, 0.1) is 6.92 Å². The molecule has 14 heavy (non-hydrogen) atoms. The third-order valence-corrected chi connectivity index (χ3v) is 1.52. The van der Waals surface area contributed by atoms with E-state index in [1.165, 1.54) is 0 Å². The second-order valence-electron chi connectivity index (χ2n) is 2.67. The monoisotopic (exact) mass is 205 g/mol. The van der Waals surface area contributed by atoms with Crippen molar-refractivity contribution in [1.82, 2.24) is 9.78 Å². The van der Waals surface area contributed by atoms with E-state index in [-0.39, 0.29) is 12.4 Å². The number of alkyl halides is 2. The Hall–Kier alpha value is -1.66. The van der Waals surface area contributed by atoms with Crippen molar-refractivity contribution in [3.63, 3.8) is 0 Å². The fourth-order valence-corrected chi connectivity index (χ4v) is 0.917. The number of carboxylic acid groups (broad SMARTS) is 1. The van der Waals surface area contributed by atoms with E-state index in [9.17, 15) is 13.6 Å². The minimum Gasteiger partial charge on any atom is -0.480 e. The van der Waals surface area contributed by atoms with Crippen molar-refractivity contribution in [3.8, 4) is 0 Å². The average molecular weight is 205 g/mol. The second-order valence-corrected chi connectivity index (χ2v) is 2.67. The zero-order valence-electron chi connectivity index (χ0n) is 7.37. The summed E-state index contributed by atoms with van der Waals surface area (Å²) >= 11 is 0. The normalized spacial score (nSPS) is 10.6. The number of carbonyl (C=O) groups is 1. The van der Waals surface area contributed by atoms with Gasteiger partial charge < -0.3 is 10.4 Å². The van der Waals surface area contributed by atoms with Crippen molar-refractivity contribution in [2.24, 2.45) is 0 Å².